The minimum atomic E-state index is -0.517. The van der Waals surface area contributed by atoms with Gasteiger partial charge in [0.15, 0.2) is 0 Å². The van der Waals surface area contributed by atoms with Gasteiger partial charge >= 0.3 is 0 Å². The Kier molecular flexibility index (Phi) is 24.7. The van der Waals surface area contributed by atoms with Crippen LogP contribution in [0.1, 0.15) is 0 Å². The van der Waals surface area contributed by atoms with E-state index in [1.54, 1.807) is 0 Å². The van der Waals surface area contributed by atoms with Crippen molar-refractivity contribution < 1.29 is 20.4 Å². The summed E-state index contributed by atoms with van der Waals surface area (Å²) in [4.78, 5) is 0. The third-order valence-electron chi connectivity index (χ3n) is 12.5. The molecule has 12 rings (SSSR count). The molecule has 0 heterocycles. The molecule has 12 aromatic rings. The first-order valence-electron chi connectivity index (χ1n) is 26.0. The van der Waals surface area contributed by atoms with Crippen LogP contribution in [0.15, 0.2) is 340 Å². The third-order valence-corrected chi connectivity index (χ3v) is 23.2. The molecule has 9 heteroatoms. The number of hydrogen-bond acceptors (Lipinski definition) is 0. The molecule has 12 aromatic carbocycles. The van der Waals surface area contributed by atoms with Gasteiger partial charge in [-0.15, -0.1) is 0 Å². The van der Waals surface area contributed by atoms with Gasteiger partial charge in [0.1, 0.15) is 0 Å². The van der Waals surface area contributed by atoms with E-state index in [1.165, 1.54) is 63.7 Å². The summed E-state index contributed by atoms with van der Waals surface area (Å²) in [6, 6.07) is 118. The summed E-state index contributed by atoms with van der Waals surface area (Å²) in [6.07, 6.45) is 0. The number of benzene rings is 12. The van der Waals surface area contributed by atoms with Crippen LogP contribution in [-0.4, -0.2) is 0 Å². The molecule has 0 nitrogen and oxygen atoms in total. The molecular weight excluding hydrogens is 1240 g/mol. The summed E-state index contributed by atoms with van der Waals surface area (Å²) in [5.74, 6) is 0. The SMILES string of the molecule is Clc1ccc(P(c2ccccc2)c2ccccc2)cc1.Clc1ccc(P(c2ccccc2)c2ccccc2)cc1.Clc1ccc(P(c2ccccc2)c2ccccc2)cc1.Clc1ccc(P(c2ccccc2)c2ccccc2)cc1.[Pd]. The Bertz CT molecular complexity index is 3000. The number of hydrogen-bond donors (Lipinski definition) is 0. The molecule has 0 atom stereocenters. The van der Waals surface area contributed by atoms with Gasteiger partial charge < -0.3 is 0 Å². The van der Waals surface area contributed by atoms with Crippen LogP contribution in [0.25, 0.3) is 0 Å². The van der Waals surface area contributed by atoms with Gasteiger partial charge in [0.05, 0.1) is 0 Å². The second-order valence-corrected chi connectivity index (χ2v) is 28.6. The largest absolute Gasteiger partial charge is 0.0843 e. The van der Waals surface area contributed by atoms with E-state index in [1.807, 2.05) is 48.5 Å². The molecule has 0 spiro atoms. The van der Waals surface area contributed by atoms with Gasteiger partial charge in [-0.05, 0) is 144 Å². The molecule has 0 amide bonds. The Hall–Kier alpha value is -5.82. The fourth-order valence-electron chi connectivity index (χ4n) is 8.77. The topological polar surface area (TPSA) is 0 Å². The van der Waals surface area contributed by atoms with Crippen molar-refractivity contribution in [1.29, 1.82) is 0 Å². The Morgan fingerprint density at radius 3 is 0.346 bits per heavy atom. The molecule has 0 aliphatic rings. The quantitative estimate of drug-likeness (QED) is 0.0845. The van der Waals surface area contributed by atoms with Crippen LogP contribution in [0.5, 0.6) is 0 Å². The van der Waals surface area contributed by atoms with E-state index in [9.17, 15) is 0 Å². The second kappa shape index (κ2) is 32.7. The first-order valence-corrected chi connectivity index (χ1v) is 32.9. The van der Waals surface area contributed by atoms with Gasteiger partial charge in [0.2, 0.25) is 0 Å². The Balaban J connectivity index is 0.000000141. The number of halogens is 4. The minimum absolute atomic E-state index is 0. The normalized spacial score (nSPS) is 10.6. The van der Waals surface area contributed by atoms with Crippen molar-refractivity contribution in [2.24, 2.45) is 0 Å². The van der Waals surface area contributed by atoms with Crippen molar-refractivity contribution in [3.05, 3.63) is 360 Å². The van der Waals surface area contributed by atoms with Gasteiger partial charge in [0, 0.05) is 40.5 Å². The van der Waals surface area contributed by atoms with Crippen molar-refractivity contribution in [1.82, 2.24) is 0 Å². The van der Waals surface area contributed by atoms with Gasteiger partial charge in [-0.2, -0.15) is 0 Å². The van der Waals surface area contributed by atoms with Crippen LogP contribution in [-0.2, 0) is 20.4 Å². The molecule has 0 saturated carbocycles. The van der Waals surface area contributed by atoms with E-state index >= 15 is 0 Å². The first-order chi connectivity index (χ1) is 39.4. The van der Waals surface area contributed by atoms with E-state index in [0.29, 0.717) is 0 Å². The van der Waals surface area contributed by atoms with E-state index < -0.39 is 31.7 Å². The van der Waals surface area contributed by atoms with E-state index in [4.69, 9.17) is 46.4 Å². The zero-order valence-electron chi connectivity index (χ0n) is 43.9. The van der Waals surface area contributed by atoms with E-state index in [-0.39, 0.29) is 20.4 Å². The van der Waals surface area contributed by atoms with Gasteiger partial charge in [-0.3, -0.25) is 0 Å². The Morgan fingerprint density at radius 2 is 0.235 bits per heavy atom. The molecule has 0 unspecified atom stereocenters. The van der Waals surface area contributed by atoms with Gasteiger partial charge in [-0.25, -0.2) is 0 Å². The standard InChI is InChI=1S/4C18H14ClP.Pd/c4*19-15-11-13-18(14-12-15)20(16-7-3-1-4-8-16)17-9-5-2-6-10-17;/h4*1-14H;. The van der Waals surface area contributed by atoms with Crippen molar-refractivity contribution >= 4 is 142 Å². The summed E-state index contributed by atoms with van der Waals surface area (Å²) in [5, 5.41) is 19.3. The average Bonchev–Trinajstić information content (AvgIpc) is 3.55. The molecule has 0 N–H and O–H groups in total. The summed E-state index contributed by atoms with van der Waals surface area (Å²) in [6.45, 7) is 0. The van der Waals surface area contributed by atoms with E-state index in [2.05, 4.69) is 291 Å². The molecule has 0 aromatic heterocycles. The predicted octanol–water partition coefficient (Wildman–Crippen LogP) is 16.4. The maximum Gasteiger partial charge on any atom is 0.0406 e. The molecule has 0 saturated heterocycles. The van der Waals surface area contributed by atoms with Crippen molar-refractivity contribution in [2.45, 2.75) is 0 Å². The zero-order valence-corrected chi connectivity index (χ0v) is 52.1. The van der Waals surface area contributed by atoms with Crippen molar-refractivity contribution in [2.75, 3.05) is 0 Å². The molecule has 0 radical (unpaired) electrons. The molecule has 0 aliphatic heterocycles. The van der Waals surface area contributed by atoms with Crippen LogP contribution in [0.3, 0.4) is 0 Å². The molecule has 0 fully saturated rings. The summed E-state index contributed by atoms with van der Waals surface area (Å²) < 4.78 is 0. The summed E-state index contributed by atoms with van der Waals surface area (Å²) in [7, 11) is -2.07. The Morgan fingerprint density at radius 1 is 0.136 bits per heavy atom. The molecule has 81 heavy (non-hydrogen) atoms. The fourth-order valence-corrected chi connectivity index (χ4v) is 18.4. The molecule has 402 valence electrons. The number of rotatable bonds is 12. The molecule has 0 aliphatic carbocycles. The third kappa shape index (κ3) is 18.1. The molecule has 0 bridgehead atoms. The van der Waals surface area contributed by atoms with E-state index in [0.717, 1.165) is 20.1 Å². The fraction of sp³-hybridized carbons (Fsp3) is 0. The Labute approximate surface area is 517 Å². The smallest absolute Gasteiger partial charge is 0.0406 e. The van der Waals surface area contributed by atoms with Gasteiger partial charge in [0.25, 0.3) is 0 Å². The van der Waals surface area contributed by atoms with Crippen LogP contribution in [0.4, 0.5) is 0 Å². The van der Waals surface area contributed by atoms with Crippen LogP contribution < -0.4 is 63.7 Å². The summed E-state index contributed by atoms with van der Waals surface area (Å²) >= 11 is 24.1. The van der Waals surface area contributed by atoms with Crippen LogP contribution >= 0.6 is 78.1 Å². The summed E-state index contributed by atoms with van der Waals surface area (Å²) in [5.41, 5.74) is 0. The monoisotopic (exact) mass is 1290 g/mol. The van der Waals surface area contributed by atoms with Crippen molar-refractivity contribution in [3.63, 3.8) is 0 Å². The zero-order chi connectivity index (χ0) is 55.1. The first kappa shape index (κ1) is 61.3. The maximum atomic E-state index is 6.02. The van der Waals surface area contributed by atoms with Crippen LogP contribution in [0, 0.1) is 0 Å². The van der Waals surface area contributed by atoms with Crippen LogP contribution in [0.2, 0.25) is 20.1 Å². The predicted molar refractivity (Wildman–Crippen MR) is 361 cm³/mol. The maximum absolute atomic E-state index is 6.02. The van der Waals surface area contributed by atoms with Gasteiger partial charge in [-0.1, -0.05) is 338 Å². The molecular formula is C72H56Cl4P4Pd. The average molecular weight is 1290 g/mol. The van der Waals surface area contributed by atoms with Crippen molar-refractivity contribution in [3.8, 4) is 0 Å². The second-order valence-electron chi connectivity index (χ2n) is 17.9. The minimum Gasteiger partial charge on any atom is -0.0843 e.